The van der Waals surface area contributed by atoms with E-state index in [0.29, 0.717) is 0 Å². The van der Waals surface area contributed by atoms with Crippen molar-refractivity contribution in [3.05, 3.63) is 22.7 Å². The van der Waals surface area contributed by atoms with Gasteiger partial charge in [-0.1, -0.05) is 0 Å². The van der Waals surface area contributed by atoms with Gasteiger partial charge in [0, 0.05) is 6.20 Å². The van der Waals surface area contributed by atoms with Crippen LogP contribution in [-0.2, 0) is 27.3 Å². The Morgan fingerprint density at radius 2 is 1.79 bits per heavy atom. The molecule has 2 rings (SSSR count). The van der Waals surface area contributed by atoms with Gasteiger partial charge >= 0.3 is 28.7 Å². The third-order valence-electron chi connectivity index (χ3n) is 3.46. The predicted molar refractivity (Wildman–Crippen MR) is 92.4 cm³/mol. The number of phosphoric acid groups is 1. The molecule has 6 atom stereocenters. The standard InChI is InChI=1S/C10H18N3O13P3/c11-6-1-2-13(10(16)12-6)9-8(15)7(14)5(25-9)3-24-29(22,23)26-28(20,21)4-27(17,18)19/h1-2,5,7-9,14-15H,3-4H2,(H,20,21)(H,22,23)(H2,11,12,16)(H2,17,18,19)/t5-,7+,8-,9-/m0/s1. The van der Waals surface area contributed by atoms with Crippen molar-refractivity contribution in [3.8, 4) is 0 Å². The normalized spacial score (nSPS) is 29.3. The van der Waals surface area contributed by atoms with Gasteiger partial charge in [-0.25, -0.2) is 13.7 Å². The van der Waals surface area contributed by atoms with Gasteiger partial charge in [0.2, 0.25) is 0 Å². The molecule has 0 aliphatic carbocycles. The maximum absolute atomic E-state index is 11.8. The monoisotopic (exact) mass is 481 g/mol. The van der Waals surface area contributed by atoms with E-state index in [1.807, 2.05) is 0 Å². The van der Waals surface area contributed by atoms with Crippen LogP contribution < -0.4 is 11.4 Å². The van der Waals surface area contributed by atoms with Crippen molar-refractivity contribution < 1.29 is 57.1 Å². The van der Waals surface area contributed by atoms with Crippen LogP contribution in [0.5, 0.6) is 0 Å². The number of nitrogens with zero attached hydrogens (tertiary/aromatic N) is 2. The lowest BCUT2D eigenvalue weighted by Gasteiger charge is -2.19. The molecule has 2 unspecified atom stereocenters. The number of rotatable bonds is 8. The minimum Gasteiger partial charge on any atom is -0.387 e. The van der Waals surface area contributed by atoms with Gasteiger partial charge in [0.15, 0.2) is 12.1 Å². The van der Waals surface area contributed by atoms with Crippen LogP contribution in [0.1, 0.15) is 6.23 Å². The number of ether oxygens (including phenoxy) is 1. The summed E-state index contributed by atoms with van der Waals surface area (Å²) in [5.41, 5.74) is 4.42. The van der Waals surface area contributed by atoms with E-state index in [1.54, 1.807) is 0 Å². The molecule has 0 spiro atoms. The van der Waals surface area contributed by atoms with Gasteiger partial charge < -0.3 is 40.3 Å². The molecule has 1 saturated heterocycles. The van der Waals surface area contributed by atoms with Gasteiger partial charge in [-0.15, -0.1) is 0 Å². The average Bonchev–Trinajstić information content (AvgIpc) is 2.78. The summed E-state index contributed by atoms with van der Waals surface area (Å²) in [7, 11) is -15.6. The van der Waals surface area contributed by atoms with Gasteiger partial charge in [0.05, 0.1) is 6.61 Å². The summed E-state index contributed by atoms with van der Waals surface area (Å²) >= 11 is 0. The summed E-state index contributed by atoms with van der Waals surface area (Å²) < 4.78 is 48.3. The number of aliphatic hydroxyl groups is 2. The van der Waals surface area contributed by atoms with Crippen LogP contribution in [0.4, 0.5) is 5.82 Å². The smallest absolute Gasteiger partial charge is 0.387 e. The molecule has 0 amide bonds. The molecule has 0 aromatic carbocycles. The molecule has 19 heteroatoms. The average molecular weight is 481 g/mol. The SMILES string of the molecule is Nc1ccn([C@H]2O[C@@H](COP(=O)(O)OP(=O)(O)CP(=O)(O)O)[C@@H](O)[C@@H]2O)c(=O)n1. The van der Waals surface area contributed by atoms with Crippen LogP contribution in [0.2, 0.25) is 0 Å². The van der Waals surface area contributed by atoms with Gasteiger partial charge in [-0.3, -0.25) is 18.2 Å². The molecular weight excluding hydrogens is 463 g/mol. The molecule has 0 bridgehead atoms. The maximum atomic E-state index is 11.8. The molecule has 1 fully saturated rings. The fourth-order valence-electron chi connectivity index (χ4n) is 2.33. The topological polar surface area (TPSA) is 261 Å². The third kappa shape index (κ3) is 6.76. The Bertz CT molecular complexity index is 946. The minimum atomic E-state index is -5.33. The number of hydrogen-bond donors (Lipinski definition) is 7. The third-order valence-corrected chi connectivity index (χ3v) is 8.68. The fourth-order valence-corrected chi connectivity index (χ4v) is 6.67. The van der Waals surface area contributed by atoms with Crippen molar-refractivity contribution in [1.82, 2.24) is 9.55 Å². The van der Waals surface area contributed by atoms with E-state index in [1.165, 1.54) is 6.07 Å². The van der Waals surface area contributed by atoms with E-state index in [2.05, 4.69) is 13.8 Å². The Balaban J connectivity index is 2.05. The molecule has 16 nitrogen and oxygen atoms in total. The first kappa shape index (κ1) is 24.3. The molecule has 1 aromatic heterocycles. The maximum Gasteiger partial charge on any atom is 0.479 e. The molecule has 1 aliphatic heterocycles. The van der Waals surface area contributed by atoms with Crippen LogP contribution >= 0.6 is 23.0 Å². The molecule has 8 N–H and O–H groups in total. The second kappa shape index (κ2) is 8.63. The summed E-state index contributed by atoms with van der Waals surface area (Å²) in [6.07, 6.45) is -5.25. The van der Waals surface area contributed by atoms with E-state index in [4.69, 9.17) is 20.3 Å². The Hall–Kier alpha value is -0.990. The van der Waals surface area contributed by atoms with E-state index in [9.17, 15) is 38.5 Å². The summed E-state index contributed by atoms with van der Waals surface area (Å²) in [6.45, 7) is -0.963. The van der Waals surface area contributed by atoms with Crippen LogP contribution in [0, 0.1) is 0 Å². The lowest BCUT2D eigenvalue weighted by molar-refractivity contribution is -0.0540. The van der Waals surface area contributed by atoms with Crippen molar-refractivity contribution in [1.29, 1.82) is 0 Å². The zero-order valence-corrected chi connectivity index (χ0v) is 16.9. The number of nitrogens with two attached hydrogens (primary N) is 1. The lowest BCUT2D eigenvalue weighted by atomic mass is 10.1. The fraction of sp³-hybridized carbons (Fsp3) is 0.600. The summed E-state index contributed by atoms with van der Waals surface area (Å²) in [5, 5.41) is 20.0. The highest BCUT2D eigenvalue weighted by molar-refractivity contribution is 7.73. The Morgan fingerprint density at radius 1 is 1.17 bits per heavy atom. The highest BCUT2D eigenvalue weighted by atomic mass is 31.3. The van der Waals surface area contributed by atoms with Crippen molar-refractivity contribution in [2.45, 2.75) is 24.5 Å². The molecule has 2 heterocycles. The minimum absolute atomic E-state index is 0.110. The molecule has 1 aromatic rings. The Labute approximate surface area is 161 Å². The number of anilines is 1. The second-order valence-electron chi connectivity index (χ2n) is 5.88. The number of aliphatic hydroxyl groups excluding tert-OH is 2. The number of phosphoric ester groups is 1. The highest BCUT2D eigenvalue weighted by Gasteiger charge is 2.46. The van der Waals surface area contributed by atoms with E-state index in [-0.39, 0.29) is 5.82 Å². The largest absolute Gasteiger partial charge is 0.479 e. The first-order valence-corrected chi connectivity index (χ1v) is 12.6. The number of nitrogen functional groups attached to an aromatic ring is 1. The second-order valence-corrected chi connectivity index (χ2v) is 11.5. The quantitative estimate of drug-likeness (QED) is 0.196. The Morgan fingerprint density at radius 3 is 2.34 bits per heavy atom. The van der Waals surface area contributed by atoms with Gasteiger partial charge in [-0.05, 0) is 6.07 Å². The van der Waals surface area contributed by atoms with Crippen molar-refractivity contribution in [2.24, 2.45) is 0 Å². The molecule has 29 heavy (non-hydrogen) atoms. The highest BCUT2D eigenvalue weighted by Crippen LogP contribution is 2.65. The summed E-state index contributed by atoms with van der Waals surface area (Å²) in [6, 6.07) is 1.21. The van der Waals surface area contributed by atoms with E-state index >= 15 is 0 Å². The van der Waals surface area contributed by atoms with Crippen molar-refractivity contribution in [2.75, 3.05) is 18.2 Å². The van der Waals surface area contributed by atoms with E-state index in [0.717, 1.165) is 10.8 Å². The van der Waals surface area contributed by atoms with Crippen molar-refractivity contribution in [3.63, 3.8) is 0 Å². The van der Waals surface area contributed by atoms with Gasteiger partial charge in [0.25, 0.3) is 0 Å². The summed E-state index contributed by atoms with van der Waals surface area (Å²) in [5.74, 6) is -1.84. The van der Waals surface area contributed by atoms with E-state index < -0.39 is 65.8 Å². The number of hydrogen-bond acceptors (Lipinski definition) is 11. The van der Waals surface area contributed by atoms with Gasteiger partial charge in [-0.2, -0.15) is 4.98 Å². The van der Waals surface area contributed by atoms with Crippen LogP contribution in [0.3, 0.4) is 0 Å². The molecule has 166 valence electrons. The summed E-state index contributed by atoms with van der Waals surface area (Å²) in [4.78, 5) is 51.3. The predicted octanol–water partition coefficient (Wildman–Crippen LogP) is -2.10. The van der Waals surface area contributed by atoms with Gasteiger partial charge in [0.1, 0.15) is 24.1 Å². The number of aromatic nitrogens is 2. The first-order chi connectivity index (χ1) is 13.1. The van der Waals surface area contributed by atoms with Crippen molar-refractivity contribution >= 4 is 28.8 Å². The Kier molecular flexibility index (Phi) is 7.23. The zero-order valence-electron chi connectivity index (χ0n) is 14.2. The zero-order chi connectivity index (χ0) is 22.2. The van der Waals surface area contributed by atoms with Crippen LogP contribution in [0.15, 0.2) is 17.1 Å². The molecule has 0 saturated carbocycles. The molecule has 0 radical (unpaired) electrons. The molecule has 1 aliphatic rings. The molecular formula is C10H18N3O13P3. The lowest BCUT2D eigenvalue weighted by Crippen LogP contribution is -2.36. The van der Waals surface area contributed by atoms with Crippen LogP contribution in [-0.4, -0.2) is 70.2 Å². The van der Waals surface area contributed by atoms with Crippen LogP contribution in [0.25, 0.3) is 0 Å². The first-order valence-electron chi connectivity index (χ1n) is 7.51.